The highest BCUT2D eigenvalue weighted by molar-refractivity contribution is 4.87. The predicted octanol–water partition coefficient (Wildman–Crippen LogP) is 2.39. The minimum atomic E-state index is 0.475. The molecule has 0 amide bonds. The third-order valence-corrected chi connectivity index (χ3v) is 4.22. The highest BCUT2D eigenvalue weighted by Gasteiger charge is 2.31. The van der Waals surface area contributed by atoms with Crippen LogP contribution in [-0.2, 0) is 0 Å². The van der Waals surface area contributed by atoms with Crippen LogP contribution in [0.5, 0.6) is 0 Å². The summed E-state index contributed by atoms with van der Waals surface area (Å²) in [6.45, 7) is 8.68. The Hall–Kier alpha value is -0.0800. The first kappa shape index (κ1) is 11.4. The van der Waals surface area contributed by atoms with Gasteiger partial charge in [0, 0.05) is 11.6 Å². The number of hydrogen-bond acceptors (Lipinski definition) is 2. The molecule has 2 fully saturated rings. The zero-order valence-corrected chi connectivity index (χ0v) is 10.4. The van der Waals surface area contributed by atoms with Gasteiger partial charge in [-0.3, -0.25) is 4.90 Å². The number of rotatable bonds is 4. The molecule has 1 atom stereocenters. The SMILES string of the molecule is CC1(C)CCCN1CCCC1CCCN1. The highest BCUT2D eigenvalue weighted by atomic mass is 15.2. The molecular formula is C13H26N2. The number of nitrogens with zero attached hydrogens (tertiary/aromatic N) is 1. The summed E-state index contributed by atoms with van der Waals surface area (Å²) in [7, 11) is 0. The lowest BCUT2D eigenvalue weighted by atomic mass is 10.0. The van der Waals surface area contributed by atoms with Gasteiger partial charge in [0.25, 0.3) is 0 Å². The minimum absolute atomic E-state index is 0.475. The van der Waals surface area contributed by atoms with Gasteiger partial charge >= 0.3 is 0 Å². The number of hydrogen-bond donors (Lipinski definition) is 1. The maximum atomic E-state index is 3.58. The molecule has 1 unspecified atom stereocenters. The zero-order chi connectivity index (χ0) is 10.7. The van der Waals surface area contributed by atoms with Gasteiger partial charge in [-0.2, -0.15) is 0 Å². The molecule has 0 bridgehead atoms. The van der Waals surface area contributed by atoms with Crippen molar-refractivity contribution in [1.29, 1.82) is 0 Å². The van der Waals surface area contributed by atoms with Crippen LogP contribution in [0.1, 0.15) is 52.4 Å². The van der Waals surface area contributed by atoms with E-state index >= 15 is 0 Å². The van der Waals surface area contributed by atoms with E-state index in [1.54, 1.807) is 0 Å². The third-order valence-electron chi connectivity index (χ3n) is 4.22. The Labute approximate surface area is 94.4 Å². The second-order valence-corrected chi connectivity index (χ2v) is 5.84. The normalized spacial score (nSPS) is 31.2. The fourth-order valence-electron chi connectivity index (χ4n) is 3.11. The zero-order valence-electron chi connectivity index (χ0n) is 10.4. The summed E-state index contributed by atoms with van der Waals surface area (Å²) in [5.74, 6) is 0. The maximum Gasteiger partial charge on any atom is 0.0153 e. The average molecular weight is 210 g/mol. The van der Waals surface area contributed by atoms with Crippen molar-refractivity contribution in [3.8, 4) is 0 Å². The summed E-state index contributed by atoms with van der Waals surface area (Å²) in [6, 6.07) is 0.829. The predicted molar refractivity (Wildman–Crippen MR) is 65.1 cm³/mol. The van der Waals surface area contributed by atoms with Crippen molar-refractivity contribution in [2.24, 2.45) is 0 Å². The van der Waals surface area contributed by atoms with Gasteiger partial charge in [-0.1, -0.05) is 0 Å². The van der Waals surface area contributed by atoms with Crippen LogP contribution in [0.2, 0.25) is 0 Å². The van der Waals surface area contributed by atoms with Crippen LogP contribution in [-0.4, -0.2) is 36.1 Å². The van der Waals surface area contributed by atoms with Crippen LogP contribution in [0.25, 0.3) is 0 Å². The van der Waals surface area contributed by atoms with E-state index in [4.69, 9.17) is 0 Å². The Kier molecular flexibility index (Phi) is 3.68. The van der Waals surface area contributed by atoms with Crippen LogP contribution < -0.4 is 5.32 Å². The first-order valence-corrected chi connectivity index (χ1v) is 6.67. The second kappa shape index (κ2) is 4.84. The van der Waals surface area contributed by atoms with E-state index in [9.17, 15) is 0 Å². The van der Waals surface area contributed by atoms with Gasteiger partial charge in [0.2, 0.25) is 0 Å². The van der Waals surface area contributed by atoms with E-state index in [-0.39, 0.29) is 0 Å². The van der Waals surface area contributed by atoms with E-state index in [1.165, 1.54) is 58.2 Å². The number of nitrogens with one attached hydrogen (secondary N) is 1. The van der Waals surface area contributed by atoms with Crippen molar-refractivity contribution < 1.29 is 0 Å². The molecule has 2 heteroatoms. The van der Waals surface area contributed by atoms with Crippen molar-refractivity contribution in [3.05, 3.63) is 0 Å². The molecular weight excluding hydrogens is 184 g/mol. The fraction of sp³-hybridized carbons (Fsp3) is 1.00. The highest BCUT2D eigenvalue weighted by Crippen LogP contribution is 2.28. The first-order chi connectivity index (χ1) is 7.18. The average Bonchev–Trinajstić information content (AvgIpc) is 2.77. The largest absolute Gasteiger partial charge is 0.314 e. The van der Waals surface area contributed by atoms with E-state index < -0.39 is 0 Å². The van der Waals surface area contributed by atoms with E-state index in [0.29, 0.717) is 5.54 Å². The quantitative estimate of drug-likeness (QED) is 0.766. The van der Waals surface area contributed by atoms with Gasteiger partial charge < -0.3 is 5.32 Å². The lowest BCUT2D eigenvalue weighted by Crippen LogP contribution is -2.39. The molecule has 0 aliphatic carbocycles. The fourth-order valence-corrected chi connectivity index (χ4v) is 3.11. The van der Waals surface area contributed by atoms with E-state index in [1.807, 2.05) is 0 Å². The van der Waals surface area contributed by atoms with Gasteiger partial charge in [-0.25, -0.2) is 0 Å². The van der Waals surface area contributed by atoms with E-state index in [2.05, 4.69) is 24.1 Å². The van der Waals surface area contributed by atoms with Gasteiger partial charge in [0.1, 0.15) is 0 Å². The van der Waals surface area contributed by atoms with Gasteiger partial charge in [0.05, 0.1) is 0 Å². The Morgan fingerprint density at radius 1 is 1.33 bits per heavy atom. The van der Waals surface area contributed by atoms with Crippen LogP contribution in [0, 0.1) is 0 Å². The van der Waals surface area contributed by atoms with Crippen LogP contribution >= 0.6 is 0 Å². The molecule has 2 aliphatic rings. The van der Waals surface area contributed by atoms with Crippen molar-refractivity contribution in [2.75, 3.05) is 19.6 Å². The summed E-state index contributed by atoms with van der Waals surface area (Å²) >= 11 is 0. The summed E-state index contributed by atoms with van der Waals surface area (Å²) in [6.07, 6.45) is 8.33. The minimum Gasteiger partial charge on any atom is -0.314 e. The summed E-state index contributed by atoms with van der Waals surface area (Å²) in [4.78, 5) is 2.68. The molecule has 88 valence electrons. The Balaban J connectivity index is 1.64. The molecule has 2 nitrogen and oxygen atoms in total. The molecule has 2 heterocycles. The lowest BCUT2D eigenvalue weighted by Gasteiger charge is -2.31. The summed E-state index contributed by atoms with van der Waals surface area (Å²) in [5, 5.41) is 3.58. The summed E-state index contributed by atoms with van der Waals surface area (Å²) < 4.78 is 0. The first-order valence-electron chi connectivity index (χ1n) is 6.67. The van der Waals surface area contributed by atoms with Crippen molar-refractivity contribution in [1.82, 2.24) is 10.2 Å². The molecule has 2 aliphatic heterocycles. The van der Waals surface area contributed by atoms with Gasteiger partial charge in [-0.15, -0.1) is 0 Å². The molecule has 0 saturated carbocycles. The molecule has 0 aromatic rings. The molecule has 1 N–H and O–H groups in total. The van der Waals surface area contributed by atoms with Crippen molar-refractivity contribution in [2.45, 2.75) is 64.0 Å². The Morgan fingerprint density at radius 2 is 2.20 bits per heavy atom. The van der Waals surface area contributed by atoms with Crippen LogP contribution in [0.4, 0.5) is 0 Å². The van der Waals surface area contributed by atoms with Crippen molar-refractivity contribution >= 4 is 0 Å². The third kappa shape index (κ3) is 2.94. The molecule has 0 aromatic heterocycles. The maximum absolute atomic E-state index is 3.58. The molecule has 0 aromatic carbocycles. The topological polar surface area (TPSA) is 15.3 Å². The monoisotopic (exact) mass is 210 g/mol. The van der Waals surface area contributed by atoms with Crippen LogP contribution in [0.15, 0.2) is 0 Å². The molecule has 15 heavy (non-hydrogen) atoms. The van der Waals surface area contributed by atoms with Crippen LogP contribution in [0.3, 0.4) is 0 Å². The standard InChI is InChI=1S/C13H26N2/c1-13(2)8-5-11-15(13)10-4-7-12-6-3-9-14-12/h12,14H,3-11H2,1-2H3. The smallest absolute Gasteiger partial charge is 0.0153 e. The second-order valence-electron chi connectivity index (χ2n) is 5.84. The summed E-state index contributed by atoms with van der Waals surface area (Å²) in [5.41, 5.74) is 0.475. The van der Waals surface area contributed by atoms with Crippen molar-refractivity contribution in [3.63, 3.8) is 0 Å². The van der Waals surface area contributed by atoms with E-state index in [0.717, 1.165) is 6.04 Å². The van der Waals surface area contributed by atoms with Gasteiger partial charge in [-0.05, 0) is 72.0 Å². The Morgan fingerprint density at radius 3 is 2.80 bits per heavy atom. The number of likely N-dealkylation sites (tertiary alicyclic amines) is 1. The van der Waals surface area contributed by atoms with Gasteiger partial charge in [0.15, 0.2) is 0 Å². The Bertz CT molecular complexity index is 195. The molecule has 2 rings (SSSR count). The molecule has 0 spiro atoms. The molecule has 0 radical (unpaired) electrons. The lowest BCUT2D eigenvalue weighted by molar-refractivity contribution is 0.170. The molecule has 2 saturated heterocycles.